The van der Waals surface area contributed by atoms with Gasteiger partial charge in [-0.3, -0.25) is 10.1 Å². The molecule has 0 aliphatic carbocycles. The van der Waals surface area contributed by atoms with Gasteiger partial charge in [0.25, 0.3) is 0 Å². The van der Waals surface area contributed by atoms with Gasteiger partial charge < -0.3 is 15.2 Å². The monoisotopic (exact) mass is 446 g/mol. The van der Waals surface area contributed by atoms with Crippen molar-refractivity contribution in [2.75, 3.05) is 7.11 Å². The second-order valence-corrected chi connectivity index (χ2v) is 8.06. The molecule has 0 aromatic heterocycles. The second kappa shape index (κ2) is 8.94. The lowest BCUT2D eigenvalue weighted by Gasteiger charge is -2.43. The van der Waals surface area contributed by atoms with Crippen LogP contribution in [0.15, 0.2) is 53.7 Å². The van der Waals surface area contributed by atoms with Crippen LogP contribution in [0.2, 0.25) is 0 Å². The molecule has 9 heteroatoms. The smallest absolute Gasteiger partial charge is 0.334 e. The summed E-state index contributed by atoms with van der Waals surface area (Å²) in [5.41, 5.74) is -0.359. The molecule has 2 aromatic carbocycles. The van der Waals surface area contributed by atoms with Crippen molar-refractivity contribution in [3.63, 3.8) is 0 Å². The number of rotatable bonds is 7. The molecule has 170 valence electrons. The molecule has 1 heterocycles. The molecule has 3 unspecified atom stereocenters. The van der Waals surface area contributed by atoms with Crippen molar-refractivity contribution < 1.29 is 28.3 Å². The fourth-order valence-corrected chi connectivity index (χ4v) is 4.56. The number of benzene rings is 2. The zero-order valence-electron chi connectivity index (χ0n) is 17.9. The number of carboxylic acid groups (broad SMARTS) is 1. The first-order valence-electron chi connectivity index (χ1n) is 10.0. The van der Waals surface area contributed by atoms with Gasteiger partial charge in [0, 0.05) is 16.2 Å². The number of aliphatic carboxylic acids is 1. The van der Waals surface area contributed by atoms with Gasteiger partial charge in [-0.15, -0.1) is 0 Å². The molecule has 1 aliphatic rings. The van der Waals surface area contributed by atoms with Crippen molar-refractivity contribution in [1.82, 2.24) is 5.32 Å². The molecule has 7 nitrogen and oxygen atoms in total. The van der Waals surface area contributed by atoms with Gasteiger partial charge in [-0.1, -0.05) is 36.4 Å². The molecular formula is C23H24F2N2O5. The van der Waals surface area contributed by atoms with E-state index in [0.717, 1.165) is 24.8 Å². The number of aryl methyl sites for hydroxylation is 1. The SMILES string of the molecule is COc1c(C2C(C(=O)O)=C(C)NC(C)(CCc3ccccc3)C2[N+](=O)[O-])ccc(F)c1F. The number of methoxy groups -OCH3 is 1. The quantitative estimate of drug-likeness (QED) is 0.491. The van der Waals surface area contributed by atoms with Crippen LogP contribution in [0.3, 0.4) is 0 Å². The number of nitro groups is 1. The van der Waals surface area contributed by atoms with Crippen molar-refractivity contribution in [2.24, 2.45) is 0 Å². The van der Waals surface area contributed by atoms with Crippen molar-refractivity contribution in [3.8, 4) is 5.75 Å². The van der Waals surface area contributed by atoms with Gasteiger partial charge in [-0.25, -0.2) is 9.18 Å². The minimum atomic E-state index is -1.49. The summed E-state index contributed by atoms with van der Waals surface area (Å²) < 4.78 is 33.3. The largest absolute Gasteiger partial charge is 0.493 e. The molecular weight excluding hydrogens is 422 g/mol. The number of nitrogens with one attached hydrogen (secondary N) is 1. The zero-order chi connectivity index (χ0) is 23.6. The number of ether oxygens (including phenoxy) is 1. The highest BCUT2D eigenvalue weighted by Gasteiger charge is 2.55. The van der Waals surface area contributed by atoms with E-state index in [9.17, 15) is 28.8 Å². The molecule has 0 radical (unpaired) electrons. The molecule has 0 amide bonds. The van der Waals surface area contributed by atoms with E-state index >= 15 is 0 Å². The Morgan fingerprint density at radius 3 is 2.47 bits per heavy atom. The number of allylic oxidation sites excluding steroid dienone is 1. The van der Waals surface area contributed by atoms with E-state index in [0.29, 0.717) is 12.8 Å². The third-order valence-electron chi connectivity index (χ3n) is 6.01. The summed E-state index contributed by atoms with van der Waals surface area (Å²) >= 11 is 0. The minimum absolute atomic E-state index is 0.0858. The highest BCUT2D eigenvalue weighted by atomic mass is 19.2. The van der Waals surface area contributed by atoms with Gasteiger partial charge in [0.15, 0.2) is 11.6 Å². The highest BCUT2D eigenvalue weighted by molar-refractivity contribution is 5.90. The van der Waals surface area contributed by atoms with Crippen LogP contribution in [0.4, 0.5) is 8.78 Å². The molecule has 0 fully saturated rings. The summed E-state index contributed by atoms with van der Waals surface area (Å²) in [7, 11) is 1.11. The highest BCUT2D eigenvalue weighted by Crippen LogP contribution is 2.45. The maximum atomic E-state index is 14.5. The van der Waals surface area contributed by atoms with Gasteiger partial charge in [0.05, 0.1) is 18.6 Å². The number of nitrogens with zero attached hydrogens (tertiary/aromatic N) is 1. The van der Waals surface area contributed by atoms with Crippen molar-refractivity contribution in [3.05, 3.63) is 86.6 Å². The maximum Gasteiger partial charge on any atom is 0.334 e. The minimum Gasteiger partial charge on any atom is -0.493 e. The Labute approximate surface area is 183 Å². The summed E-state index contributed by atoms with van der Waals surface area (Å²) in [4.78, 5) is 23.9. The first-order chi connectivity index (χ1) is 15.1. The van der Waals surface area contributed by atoms with Gasteiger partial charge >= 0.3 is 5.97 Å². The Bertz CT molecular complexity index is 1070. The van der Waals surface area contributed by atoms with Crippen molar-refractivity contribution >= 4 is 5.97 Å². The molecule has 0 bridgehead atoms. The molecule has 3 atom stereocenters. The van der Waals surface area contributed by atoms with Gasteiger partial charge in [-0.05, 0) is 38.3 Å². The Morgan fingerprint density at radius 2 is 1.91 bits per heavy atom. The molecule has 0 saturated heterocycles. The number of hydrogen-bond acceptors (Lipinski definition) is 5. The first kappa shape index (κ1) is 23.2. The van der Waals surface area contributed by atoms with Crippen LogP contribution in [0.1, 0.15) is 37.3 Å². The fraction of sp³-hybridized carbons (Fsp3) is 0.348. The summed E-state index contributed by atoms with van der Waals surface area (Å²) in [6.45, 7) is 3.16. The Hall–Kier alpha value is -3.49. The lowest BCUT2D eigenvalue weighted by molar-refractivity contribution is -0.538. The zero-order valence-corrected chi connectivity index (χ0v) is 17.9. The van der Waals surface area contributed by atoms with Crippen molar-refractivity contribution in [2.45, 2.75) is 44.2 Å². The number of carbonyl (C=O) groups is 1. The van der Waals surface area contributed by atoms with E-state index < -0.39 is 45.8 Å². The Morgan fingerprint density at radius 1 is 1.25 bits per heavy atom. The maximum absolute atomic E-state index is 14.5. The normalized spacial score (nSPS) is 22.9. The average molecular weight is 446 g/mol. The average Bonchev–Trinajstić information content (AvgIpc) is 2.73. The fourth-order valence-electron chi connectivity index (χ4n) is 4.56. The van der Waals surface area contributed by atoms with Crippen LogP contribution in [0, 0.1) is 21.7 Å². The number of carboxylic acids is 1. The Balaban J connectivity index is 2.18. The lowest BCUT2D eigenvalue weighted by Crippen LogP contribution is -2.61. The van der Waals surface area contributed by atoms with Crippen LogP contribution in [-0.4, -0.2) is 34.7 Å². The molecule has 2 N–H and O–H groups in total. The summed E-state index contributed by atoms with van der Waals surface area (Å²) in [6, 6.07) is 9.86. The van der Waals surface area contributed by atoms with Gasteiger partial charge in [0.1, 0.15) is 5.54 Å². The molecule has 1 aliphatic heterocycles. The van der Waals surface area contributed by atoms with E-state index in [4.69, 9.17) is 4.74 Å². The van der Waals surface area contributed by atoms with Crippen LogP contribution >= 0.6 is 0 Å². The van der Waals surface area contributed by atoms with Gasteiger partial charge in [-0.2, -0.15) is 4.39 Å². The third-order valence-corrected chi connectivity index (χ3v) is 6.01. The van der Waals surface area contributed by atoms with E-state index in [1.165, 1.54) is 6.92 Å². The molecule has 0 spiro atoms. The Kier molecular flexibility index (Phi) is 6.47. The van der Waals surface area contributed by atoms with Crippen molar-refractivity contribution in [1.29, 1.82) is 0 Å². The predicted molar refractivity (Wildman–Crippen MR) is 113 cm³/mol. The topological polar surface area (TPSA) is 102 Å². The third kappa shape index (κ3) is 4.15. The summed E-state index contributed by atoms with van der Waals surface area (Å²) in [5, 5.41) is 25.2. The van der Waals surface area contributed by atoms with E-state index in [1.54, 1.807) is 6.92 Å². The van der Waals surface area contributed by atoms with E-state index in [1.807, 2.05) is 30.3 Å². The van der Waals surface area contributed by atoms with Gasteiger partial charge in [0.2, 0.25) is 11.9 Å². The first-order valence-corrected chi connectivity index (χ1v) is 10.0. The second-order valence-electron chi connectivity index (χ2n) is 8.06. The molecule has 2 aromatic rings. The standard InChI is InChI=1S/C23H24F2N2O5/c1-13-17(22(28)29)18(15-9-10-16(24)19(25)20(15)32-3)21(27(30)31)23(2,26-13)12-11-14-7-5-4-6-8-14/h4-10,18,21,26H,11-12H2,1-3H3,(H,28,29). The summed E-state index contributed by atoms with van der Waals surface area (Å²) in [5.74, 6) is -5.81. The summed E-state index contributed by atoms with van der Waals surface area (Å²) in [6.07, 6.45) is 0.793. The predicted octanol–water partition coefficient (Wildman–Crippen LogP) is 4.06. The van der Waals surface area contributed by atoms with E-state index in [2.05, 4.69) is 5.32 Å². The van der Waals surface area contributed by atoms with Crippen LogP contribution in [0.25, 0.3) is 0 Å². The van der Waals surface area contributed by atoms with Crippen LogP contribution < -0.4 is 10.1 Å². The van der Waals surface area contributed by atoms with Crippen LogP contribution in [0.5, 0.6) is 5.75 Å². The molecule has 3 rings (SSSR count). The van der Waals surface area contributed by atoms with E-state index in [-0.39, 0.29) is 16.8 Å². The number of halogens is 2. The lowest BCUT2D eigenvalue weighted by atomic mass is 9.70. The molecule has 0 saturated carbocycles. The number of hydrogen-bond donors (Lipinski definition) is 2. The molecule has 32 heavy (non-hydrogen) atoms. The van der Waals surface area contributed by atoms with Crippen LogP contribution in [-0.2, 0) is 11.2 Å².